The van der Waals surface area contributed by atoms with Gasteiger partial charge in [0.1, 0.15) is 0 Å². The van der Waals surface area contributed by atoms with E-state index in [1.807, 2.05) is 60.7 Å². The molecule has 10 rings (SSSR count). The first kappa shape index (κ1) is 30.6. The van der Waals surface area contributed by atoms with Crippen molar-refractivity contribution in [1.82, 2.24) is 19.5 Å². The van der Waals surface area contributed by atoms with Crippen molar-refractivity contribution in [2.24, 2.45) is 0 Å². The number of para-hydroxylation sites is 1. The normalized spacial score (nSPS) is 11.4. The van der Waals surface area contributed by atoms with Gasteiger partial charge in [0.25, 0.3) is 0 Å². The molecule has 4 heteroatoms. The van der Waals surface area contributed by atoms with Crippen LogP contribution in [0.15, 0.2) is 194 Å². The number of rotatable bonds is 6. The second-order valence-corrected chi connectivity index (χ2v) is 13.3. The molecule has 0 spiro atoms. The highest BCUT2D eigenvalue weighted by Gasteiger charge is 2.23. The topological polar surface area (TPSA) is 43.6 Å². The van der Waals surface area contributed by atoms with E-state index in [0.717, 1.165) is 55.7 Å². The number of benzene rings is 8. The minimum atomic E-state index is 0.617. The minimum absolute atomic E-state index is 0.617. The molecule has 0 N–H and O–H groups in total. The molecule has 248 valence electrons. The van der Waals surface area contributed by atoms with Crippen molar-refractivity contribution in [3.05, 3.63) is 194 Å². The van der Waals surface area contributed by atoms with Crippen LogP contribution in [-0.2, 0) is 0 Å². The van der Waals surface area contributed by atoms with Crippen molar-refractivity contribution in [2.75, 3.05) is 0 Å². The zero-order valence-electron chi connectivity index (χ0n) is 28.8. The summed E-state index contributed by atoms with van der Waals surface area (Å²) >= 11 is 0. The Balaban J connectivity index is 1.33. The molecule has 0 bridgehead atoms. The first-order valence-corrected chi connectivity index (χ1v) is 17.9. The van der Waals surface area contributed by atoms with E-state index in [9.17, 15) is 0 Å². The van der Waals surface area contributed by atoms with Gasteiger partial charge in [-0.2, -0.15) is 0 Å². The van der Waals surface area contributed by atoms with Crippen LogP contribution in [0, 0.1) is 0 Å². The summed E-state index contributed by atoms with van der Waals surface area (Å²) in [6.07, 6.45) is 0. The number of aromatic nitrogens is 4. The smallest absolute Gasteiger partial charge is 0.164 e. The van der Waals surface area contributed by atoms with Gasteiger partial charge in [-0.25, -0.2) is 15.0 Å². The van der Waals surface area contributed by atoms with Crippen LogP contribution < -0.4 is 0 Å². The Morgan fingerprint density at radius 2 is 0.717 bits per heavy atom. The molecular weight excluding hydrogens is 645 g/mol. The van der Waals surface area contributed by atoms with Gasteiger partial charge in [-0.1, -0.05) is 164 Å². The van der Waals surface area contributed by atoms with Gasteiger partial charge in [0.05, 0.1) is 16.7 Å². The van der Waals surface area contributed by atoms with Crippen molar-refractivity contribution >= 4 is 32.6 Å². The molecule has 0 radical (unpaired) electrons. The highest BCUT2D eigenvalue weighted by atomic mass is 15.0. The van der Waals surface area contributed by atoms with E-state index >= 15 is 0 Å². The van der Waals surface area contributed by atoms with E-state index in [-0.39, 0.29) is 0 Å². The van der Waals surface area contributed by atoms with E-state index in [2.05, 4.69) is 138 Å². The van der Waals surface area contributed by atoms with Crippen LogP contribution in [0.3, 0.4) is 0 Å². The van der Waals surface area contributed by atoms with Crippen molar-refractivity contribution < 1.29 is 0 Å². The quantitative estimate of drug-likeness (QED) is 0.176. The lowest BCUT2D eigenvalue weighted by atomic mass is 9.92. The summed E-state index contributed by atoms with van der Waals surface area (Å²) in [5.74, 6) is 1.89. The van der Waals surface area contributed by atoms with Crippen molar-refractivity contribution in [3.63, 3.8) is 0 Å². The lowest BCUT2D eigenvalue weighted by molar-refractivity contribution is 1.07. The van der Waals surface area contributed by atoms with Gasteiger partial charge in [0, 0.05) is 38.6 Å². The Labute approximate surface area is 307 Å². The first-order valence-electron chi connectivity index (χ1n) is 17.9. The molecule has 0 fully saturated rings. The Morgan fingerprint density at radius 3 is 1.25 bits per heavy atom. The standard InChI is InChI=1S/C49H32N4/c1-5-17-33(18-6-1)41-30-39(49-51-47(35-21-9-3-10-22-35)50-48(52-49)36-23-11-4-12-24-36)31-42(34-19-7-2-8-20-34)46(41)53-44-28-16-15-27-40(44)43-29-37-25-13-14-26-38(37)32-45(43)53/h1-32H. The molecule has 0 atom stereocenters. The Bertz CT molecular complexity index is 2800. The molecule has 0 amide bonds. The SMILES string of the molecule is c1ccc(-c2nc(-c3ccccc3)nc(-c3cc(-c4ccccc4)c(-n4c5ccccc5c5cc6ccccc6cc54)c(-c4ccccc4)c3)n2)cc1. The average Bonchev–Trinajstić information content (AvgIpc) is 3.56. The predicted octanol–water partition coefficient (Wildman–Crippen LogP) is 12.5. The maximum absolute atomic E-state index is 5.17. The maximum atomic E-state index is 5.17. The highest BCUT2D eigenvalue weighted by Crippen LogP contribution is 2.44. The van der Waals surface area contributed by atoms with Gasteiger partial charge < -0.3 is 4.57 Å². The summed E-state index contributed by atoms with van der Waals surface area (Å²) < 4.78 is 2.46. The van der Waals surface area contributed by atoms with Crippen LogP contribution in [0.2, 0.25) is 0 Å². The van der Waals surface area contributed by atoms with Crippen LogP contribution in [0.4, 0.5) is 0 Å². The fourth-order valence-electron chi connectivity index (χ4n) is 7.51. The van der Waals surface area contributed by atoms with E-state index in [1.54, 1.807) is 0 Å². The third-order valence-electron chi connectivity index (χ3n) is 10.0. The highest BCUT2D eigenvalue weighted by molar-refractivity contribution is 6.14. The Morgan fingerprint density at radius 1 is 0.302 bits per heavy atom. The molecule has 0 unspecified atom stereocenters. The van der Waals surface area contributed by atoms with Crippen LogP contribution in [0.5, 0.6) is 0 Å². The number of hydrogen-bond acceptors (Lipinski definition) is 3. The van der Waals surface area contributed by atoms with E-state index in [1.165, 1.54) is 21.5 Å². The van der Waals surface area contributed by atoms with Crippen LogP contribution in [0.1, 0.15) is 0 Å². The molecule has 53 heavy (non-hydrogen) atoms. The second kappa shape index (κ2) is 12.9. The number of nitrogens with zero attached hydrogens (tertiary/aromatic N) is 4. The van der Waals surface area contributed by atoms with Crippen LogP contribution in [0.25, 0.3) is 94.7 Å². The van der Waals surface area contributed by atoms with Gasteiger partial charge in [0.15, 0.2) is 17.5 Å². The molecule has 8 aromatic carbocycles. The van der Waals surface area contributed by atoms with Gasteiger partial charge in [-0.05, 0) is 52.2 Å². The van der Waals surface area contributed by atoms with Crippen LogP contribution >= 0.6 is 0 Å². The Kier molecular flexibility index (Phi) is 7.43. The largest absolute Gasteiger partial charge is 0.308 e. The van der Waals surface area contributed by atoms with E-state index in [0.29, 0.717) is 17.5 Å². The van der Waals surface area contributed by atoms with Crippen molar-refractivity contribution in [3.8, 4) is 62.1 Å². The molecule has 10 aromatic rings. The maximum Gasteiger partial charge on any atom is 0.164 e. The summed E-state index contributed by atoms with van der Waals surface area (Å²) in [6.45, 7) is 0. The van der Waals surface area contributed by atoms with Gasteiger partial charge in [-0.15, -0.1) is 0 Å². The number of fused-ring (bicyclic) bond motifs is 4. The number of hydrogen-bond donors (Lipinski definition) is 0. The van der Waals surface area contributed by atoms with Gasteiger partial charge >= 0.3 is 0 Å². The zero-order valence-corrected chi connectivity index (χ0v) is 28.8. The summed E-state index contributed by atoms with van der Waals surface area (Å²) in [5, 5.41) is 4.87. The first-order chi connectivity index (χ1) is 26.3. The fraction of sp³-hybridized carbons (Fsp3) is 0. The lowest BCUT2D eigenvalue weighted by Crippen LogP contribution is -2.04. The van der Waals surface area contributed by atoms with Crippen molar-refractivity contribution in [1.29, 1.82) is 0 Å². The molecule has 0 saturated heterocycles. The monoisotopic (exact) mass is 676 g/mol. The Hall–Kier alpha value is -7.17. The predicted molar refractivity (Wildman–Crippen MR) is 219 cm³/mol. The summed E-state index contributed by atoms with van der Waals surface area (Å²) in [7, 11) is 0. The zero-order chi connectivity index (χ0) is 35.1. The molecule has 0 aliphatic heterocycles. The molecule has 0 saturated carbocycles. The molecule has 2 heterocycles. The molecular formula is C49H32N4. The fourth-order valence-corrected chi connectivity index (χ4v) is 7.51. The molecule has 4 nitrogen and oxygen atoms in total. The second-order valence-electron chi connectivity index (χ2n) is 13.3. The average molecular weight is 677 g/mol. The van der Waals surface area contributed by atoms with Gasteiger partial charge in [0.2, 0.25) is 0 Å². The molecule has 0 aliphatic carbocycles. The minimum Gasteiger partial charge on any atom is -0.308 e. The van der Waals surface area contributed by atoms with Crippen LogP contribution in [-0.4, -0.2) is 19.5 Å². The van der Waals surface area contributed by atoms with Gasteiger partial charge in [-0.3, -0.25) is 0 Å². The molecule has 0 aliphatic rings. The third kappa shape index (κ3) is 5.45. The molecule has 2 aromatic heterocycles. The van der Waals surface area contributed by atoms with E-state index < -0.39 is 0 Å². The summed E-state index contributed by atoms with van der Waals surface area (Å²) in [4.78, 5) is 15.3. The van der Waals surface area contributed by atoms with E-state index in [4.69, 9.17) is 15.0 Å². The lowest BCUT2D eigenvalue weighted by Gasteiger charge is -2.21. The summed E-state index contributed by atoms with van der Waals surface area (Å²) in [5.41, 5.74) is 10.6. The summed E-state index contributed by atoms with van der Waals surface area (Å²) in [6, 6.07) is 68.2. The third-order valence-corrected chi connectivity index (χ3v) is 10.0. The van der Waals surface area contributed by atoms with Crippen molar-refractivity contribution in [2.45, 2.75) is 0 Å².